The molecule has 0 aliphatic heterocycles. The summed E-state index contributed by atoms with van der Waals surface area (Å²) in [5.74, 6) is 2.21. The molecule has 0 saturated carbocycles. The average Bonchev–Trinajstić information content (AvgIpc) is 3.15. The standard InChI is InChI=1S/C21H35N5O2/c1-8-18-16(19(9-2)26(7)25-18)12-23-20(22-10-3)24-13-21(6,27)17-11-14(4)28-15(17)5/h11,27H,8-10,12-13H2,1-7H3,(H2,22,23,24). The number of rotatable bonds is 8. The number of guanidine groups is 1. The Morgan fingerprint density at radius 2 is 1.96 bits per heavy atom. The Morgan fingerprint density at radius 1 is 1.25 bits per heavy atom. The molecule has 7 heteroatoms. The van der Waals surface area contributed by atoms with E-state index in [4.69, 9.17) is 9.41 Å². The third kappa shape index (κ3) is 4.95. The van der Waals surface area contributed by atoms with Crippen molar-refractivity contribution < 1.29 is 9.52 Å². The van der Waals surface area contributed by atoms with Crippen LogP contribution in [0.2, 0.25) is 0 Å². The van der Waals surface area contributed by atoms with Crippen LogP contribution in [0.4, 0.5) is 0 Å². The molecule has 0 spiro atoms. The number of hydrogen-bond donors (Lipinski definition) is 3. The van der Waals surface area contributed by atoms with Gasteiger partial charge in [-0.3, -0.25) is 4.68 Å². The van der Waals surface area contributed by atoms with Gasteiger partial charge in [0.05, 0.1) is 18.8 Å². The number of aromatic nitrogens is 2. The number of aryl methyl sites for hydroxylation is 4. The predicted molar refractivity (Wildman–Crippen MR) is 113 cm³/mol. The van der Waals surface area contributed by atoms with Crippen molar-refractivity contribution in [3.05, 3.63) is 40.1 Å². The highest BCUT2D eigenvalue weighted by Crippen LogP contribution is 2.26. The Balaban J connectivity index is 2.16. The van der Waals surface area contributed by atoms with Gasteiger partial charge in [0, 0.05) is 30.4 Å². The molecule has 156 valence electrons. The van der Waals surface area contributed by atoms with E-state index >= 15 is 0 Å². The zero-order valence-electron chi connectivity index (χ0n) is 18.3. The summed E-state index contributed by atoms with van der Waals surface area (Å²) >= 11 is 0. The zero-order chi connectivity index (χ0) is 20.9. The van der Waals surface area contributed by atoms with Crippen LogP contribution < -0.4 is 10.6 Å². The topological polar surface area (TPSA) is 87.6 Å². The molecule has 0 fully saturated rings. The van der Waals surface area contributed by atoms with Gasteiger partial charge in [-0.1, -0.05) is 13.8 Å². The monoisotopic (exact) mass is 389 g/mol. The molecule has 2 aromatic heterocycles. The molecule has 0 bridgehead atoms. The van der Waals surface area contributed by atoms with Crippen molar-refractivity contribution in [3.8, 4) is 0 Å². The van der Waals surface area contributed by atoms with Crippen LogP contribution in [0.15, 0.2) is 15.5 Å². The predicted octanol–water partition coefficient (Wildman–Crippen LogP) is 2.72. The fourth-order valence-corrected chi connectivity index (χ4v) is 3.59. The van der Waals surface area contributed by atoms with Crippen LogP contribution in [0.1, 0.15) is 61.7 Å². The summed E-state index contributed by atoms with van der Waals surface area (Å²) in [6.45, 7) is 13.4. The largest absolute Gasteiger partial charge is 0.466 e. The van der Waals surface area contributed by atoms with Gasteiger partial charge in [0.1, 0.15) is 17.1 Å². The van der Waals surface area contributed by atoms with Crippen molar-refractivity contribution in [3.63, 3.8) is 0 Å². The van der Waals surface area contributed by atoms with Crippen LogP contribution in [0, 0.1) is 13.8 Å². The summed E-state index contributed by atoms with van der Waals surface area (Å²) in [5, 5.41) is 22.1. The lowest BCUT2D eigenvalue weighted by atomic mass is 9.96. The van der Waals surface area contributed by atoms with Crippen molar-refractivity contribution in [2.75, 3.05) is 13.1 Å². The Morgan fingerprint density at radius 3 is 2.50 bits per heavy atom. The fraction of sp³-hybridized carbons (Fsp3) is 0.619. The third-order valence-corrected chi connectivity index (χ3v) is 4.99. The van der Waals surface area contributed by atoms with Gasteiger partial charge < -0.3 is 20.2 Å². The molecule has 1 atom stereocenters. The molecular formula is C21H35N5O2. The van der Waals surface area contributed by atoms with E-state index in [1.165, 1.54) is 11.3 Å². The summed E-state index contributed by atoms with van der Waals surface area (Å²) in [7, 11) is 1.99. The summed E-state index contributed by atoms with van der Waals surface area (Å²) in [6.07, 6.45) is 1.81. The number of aliphatic hydroxyl groups is 1. The van der Waals surface area contributed by atoms with E-state index in [0.717, 1.165) is 42.2 Å². The minimum atomic E-state index is -1.06. The first-order valence-corrected chi connectivity index (χ1v) is 10.1. The quantitative estimate of drug-likeness (QED) is 0.477. The second kappa shape index (κ2) is 9.28. The first-order valence-electron chi connectivity index (χ1n) is 10.1. The van der Waals surface area contributed by atoms with Gasteiger partial charge >= 0.3 is 0 Å². The minimum absolute atomic E-state index is 0.326. The van der Waals surface area contributed by atoms with Crippen LogP contribution in [-0.2, 0) is 32.0 Å². The van der Waals surface area contributed by atoms with Gasteiger partial charge in [0.15, 0.2) is 5.96 Å². The highest BCUT2D eigenvalue weighted by atomic mass is 16.3. The zero-order valence-corrected chi connectivity index (χ0v) is 18.3. The molecule has 0 aromatic carbocycles. The fourth-order valence-electron chi connectivity index (χ4n) is 3.59. The summed E-state index contributed by atoms with van der Waals surface area (Å²) in [6, 6.07) is 1.89. The van der Waals surface area contributed by atoms with E-state index in [1.807, 2.05) is 38.6 Å². The molecule has 7 nitrogen and oxygen atoms in total. The lowest BCUT2D eigenvalue weighted by Gasteiger charge is -2.24. The van der Waals surface area contributed by atoms with Gasteiger partial charge in [-0.05, 0) is 46.6 Å². The van der Waals surface area contributed by atoms with Gasteiger partial charge in [0.2, 0.25) is 0 Å². The van der Waals surface area contributed by atoms with Crippen molar-refractivity contribution in [1.29, 1.82) is 0 Å². The molecular weight excluding hydrogens is 354 g/mol. The molecule has 0 aliphatic carbocycles. The first kappa shape index (κ1) is 22.0. The maximum absolute atomic E-state index is 10.9. The maximum atomic E-state index is 10.9. The van der Waals surface area contributed by atoms with Crippen LogP contribution in [-0.4, -0.2) is 33.9 Å². The highest BCUT2D eigenvalue weighted by molar-refractivity contribution is 5.79. The van der Waals surface area contributed by atoms with Crippen molar-refractivity contribution in [2.45, 2.75) is 66.5 Å². The Labute approximate surface area is 168 Å². The second-order valence-corrected chi connectivity index (χ2v) is 7.35. The second-order valence-electron chi connectivity index (χ2n) is 7.35. The number of hydrogen-bond acceptors (Lipinski definition) is 4. The molecule has 1 unspecified atom stereocenters. The minimum Gasteiger partial charge on any atom is -0.466 e. The maximum Gasteiger partial charge on any atom is 0.191 e. The van der Waals surface area contributed by atoms with E-state index < -0.39 is 5.60 Å². The molecule has 2 rings (SSSR count). The van der Waals surface area contributed by atoms with Gasteiger partial charge in [-0.15, -0.1) is 0 Å². The lowest BCUT2D eigenvalue weighted by Crippen LogP contribution is -2.44. The summed E-state index contributed by atoms with van der Waals surface area (Å²) in [4.78, 5) is 4.75. The number of nitrogens with one attached hydrogen (secondary N) is 2. The van der Waals surface area contributed by atoms with Crippen LogP contribution in [0.25, 0.3) is 0 Å². The van der Waals surface area contributed by atoms with E-state index in [9.17, 15) is 5.11 Å². The third-order valence-electron chi connectivity index (χ3n) is 4.99. The van der Waals surface area contributed by atoms with Crippen molar-refractivity contribution >= 4 is 5.96 Å². The van der Waals surface area contributed by atoms with Gasteiger partial charge in [0.25, 0.3) is 0 Å². The van der Waals surface area contributed by atoms with Gasteiger partial charge in [-0.25, -0.2) is 4.99 Å². The number of nitrogens with zero attached hydrogens (tertiary/aromatic N) is 3. The first-order chi connectivity index (χ1) is 13.2. The molecule has 0 aliphatic rings. The highest BCUT2D eigenvalue weighted by Gasteiger charge is 2.28. The van der Waals surface area contributed by atoms with Crippen LogP contribution in [0.3, 0.4) is 0 Å². The lowest BCUT2D eigenvalue weighted by molar-refractivity contribution is 0.0601. The molecule has 0 radical (unpaired) electrons. The summed E-state index contributed by atoms with van der Waals surface area (Å²) in [5.41, 5.74) is 3.23. The van der Waals surface area contributed by atoms with E-state index in [0.29, 0.717) is 19.0 Å². The molecule has 3 N–H and O–H groups in total. The van der Waals surface area contributed by atoms with Crippen molar-refractivity contribution in [1.82, 2.24) is 20.4 Å². The normalized spacial score (nSPS) is 14.2. The molecule has 0 amide bonds. The molecule has 2 aromatic rings. The Hall–Kier alpha value is -2.28. The van der Waals surface area contributed by atoms with Crippen LogP contribution in [0.5, 0.6) is 0 Å². The number of furan rings is 1. The molecule has 28 heavy (non-hydrogen) atoms. The van der Waals surface area contributed by atoms with Crippen molar-refractivity contribution in [2.24, 2.45) is 12.0 Å². The smallest absolute Gasteiger partial charge is 0.191 e. The Kier molecular flexibility index (Phi) is 7.29. The average molecular weight is 390 g/mol. The van der Waals surface area contributed by atoms with Crippen LogP contribution >= 0.6 is 0 Å². The van der Waals surface area contributed by atoms with E-state index in [1.54, 1.807) is 6.92 Å². The van der Waals surface area contributed by atoms with Gasteiger partial charge in [-0.2, -0.15) is 5.10 Å². The SMILES string of the molecule is CCNC(=NCc1c(CC)nn(C)c1CC)NCC(C)(O)c1cc(C)oc1C. The molecule has 0 saturated heterocycles. The molecule has 2 heterocycles. The van der Waals surface area contributed by atoms with E-state index in [2.05, 4.69) is 29.6 Å². The number of aliphatic imine (C=N–C) groups is 1. The van der Waals surface area contributed by atoms with E-state index in [-0.39, 0.29) is 0 Å². The Bertz CT molecular complexity index is 817. The summed E-state index contributed by atoms with van der Waals surface area (Å²) < 4.78 is 7.53.